The Morgan fingerprint density at radius 2 is 2.04 bits per heavy atom. The maximum absolute atomic E-state index is 12.5. The Labute approximate surface area is 174 Å². The first kappa shape index (κ1) is 22.5. The fourth-order valence-corrected chi connectivity index (χ4v) is 3.52. The SMILES string of the molecule is COC(=O)[C@@H](NC(=O)C[C@@H]1CCC(=O)N1Cc1cc(Cl)ccc1Cl)[C@@H](C)OC. The van der Waals surface area contributed by atoms with Crippen molar-refractivity contribution < 1.29 is 23.9 Å². The fraction of sp³-hybridized carbons (Fsp3) is 0.526. The smallest absolute Gasteiger partial charge is 0.331 e. The number of methoxy groups -OCH3 is 2. The van der Waals surface area contributed by atoms with Gasteiger partial charge in [-0.3, -0.25) is 9.59 Å². The van der Waals surface area contributed by atoms with Crippen LogP contribution in [0.1, 0.15) is 31.7 Å². The van der Waals surface area contributed by atoms with Crippen molar-refractivity contribution in [3.05, 3.63) is 33.8 Å². The number of carbonyl (C=O) groups is 3. The van der Waals surface area contributed by atoms with Gasteiger partial charge in [-0.25, -0.2) is 4.79 Å². The van der Waals surface area contributed by atoms with Crippen LogP contribution in [0.25, 0.3) is 0 Å². The molecule has 0 radical (unpaired) electrons. The summed E-state index contributed by atoms with van der Waals surface area (Å²) >= 11 is 12.2. The van der Waals surface area contributed by atoms with Gasteiger partial charge in [0.25, 0.3) is 0 Å². The summed E-state index contributed by atoms with van der Waals surface area (Å²) in [5.74, 6) is -1.00. The normalized spacial score (nSPS) is 18.7. The summed E-state index contributed by atoms with van der Waals surface area (Å²) in [5.41, 5.74) is 0.718. The molecule has 2 rings (SSSR count). The van der Waals surface area contributed by atoms with Crippen LogP contribution in [0.15, 0.2) is 18.2 Å². The van der Waals surface area contributed by atoms with E-state index in [1.165, 1.54) is 14.2 Å². The van der Waals surface area contributed by atoms with E-state index in [0.29, 0.717) is 22.9 Å². The molecule has 1 aromatic rings. The van der Waals surface area contributed by atoms with Gasteiger partial charge in [0.2, 0.25) is 11.8 Å². The van der Waals surface area contributed by atoms with Gasteiger partial charge in [0.1, 0.15) is 0 Å². The largest absolute Gasteiger partial charge is 0.467 e. The van der Waals surface area contributed by atoms with Crippen LogP contribution in [0.3, 0.4) is 0 Å². The van der Waals surface area contributed by atoms with Crippen LogP contribution in [0.4, 0.5) is 0 Å². The van der Waals surface area contributed by atoms with Gasteiger partial charge in [0.05, 0.1) is 13.2 Å². The molecule has 0 saturated carbocycles. The van der Waals surface area contributed by atoms with Crippen LogP contribution in [-0.4, -0.2) is 55.1 Å². The zero-order valence-electron chi connectivity index (χ0n) is 16.0. The summed E-state index contributed by atoms with van der Waals surface area (Å²) < 4.78 is 9.86. The lowest BCUT2D eigenvalue weighted by Crippen LogP contribution is -2.50. The highest BCUT2D eigenvalue weighted by Gasteiger charge is 2.34. The average molecular weight is 431 g/mol. The lowest BCUT2D eigenvalue weighted by Gasteiger charge is -2.27. The van der Waals surface area contributed by atoms with Crippen molar-refractivity contribution >= 4 is 41.0 Å². The number of ether oxygens (including phenoxy) is 2. The molecular formula is C19H24Cl2N2O5. The molecule has 1 heterocycles. The highest BCUT2D eigenvalue weighted by atomic mass is 35.5. The lowest BCUT2D eigenvalue weighted by atomic mass is 10.1. The van der Waals surface area contributed by atoms with Crippen molar-refractivity contribution in [2.24, 2.45) is 0 Å². The number of hydrogen-bond acceptors (Lipinski definition) is 5. The lowest BCUT2D eigenvalue weighted by molar-refractivity contribution is -0.149. The topological polar surface area (TPSA) is 84.9 Å². The Kier molecular flexibility index (Phi) is 8.10. The molecule has 0 bridgehead atoms. The highest BCUT2D eigenvalue weighted by Crippen LogP contribution is 2.28. The third kappa shape index (κ3) is 5.59. The van der Waals surface area contributed by atoms with Crippen LogP contribution in [-0.2, 0) is 30.4 Å². The van der Waals surface area contributed by atoms with Crippen molar-refractivity contribution in [1.29, 1.82) is 0 Å². The first-order chi connectivity index (χ1) is 13.3. The average Bonchev–Trinajstić information content (AvgIpc) is 3.01. The molecule has 0 aromatic heterocycles. The van der Waals surface area contributed by atoms with E-state index in [9.17, 15) is 14.4 Å². The quantitative estimate of drug-likeness (QED) is 0.640. The van der Waals surface area contributed by atoms with Crippen LogP contribution < -0.4 is 5.32 Å². The summed E-state index contributed by atoms with van der Waals surface area (Å²) in [6, 6.07) is 3.84. The molecule has 1 aliphatic rings. The van der Waals surface area contributed by atoms with E-state index in [1.54, 1.807) is 30.0 Å². The van der Waals surface area contributed by atoms with Crippen molar-refractivity contribution in [3.8, 4) is 0 Å². The summed E-state index contributed by atoms with van der Waals surface area (Å²) in [4.78, 5) is 38.4. The van der Waals surface area contributed by atoms with E-state index in [2.05, 4.69) is 5.32 Å². The Bertz CT molecular complexity index is 743. The third-order valence-corrected chi connectivity index (χ3v) is 5.44. The molecule has 2 amide bonds. The number of esters is 1. The first-order valence-corrected chi connectivity index (χ1v) is 9.65. The van der Waals surface area contributed by atoms with Gasteiger partial charge in [-0.15, -0.1) is 0 Å². The Balaban J connectivity index is 2.06. The third-order valence-electron chi connectivity index (χ3n) is 4.83. The molecule has 1 aliphatic heterocycles. The minimum absolute atomic E-state index is 0.0522. The van der Waals surface area contributed by atoms with Crippen molar-refractivity contribution in [2.75, 3.05) is 14.2 Å². The van der Waals surface area contributed by atoms with Gasteiger partial charge in [0.15, 0.2) is 6.04 Å². The molecule has 1 N–H and O–H groups in total. The number of nitrogens with one attached hydrogen (secondary N) is 1. The maximum Gasteiger partial charge on any atom is 0.331 e. The minimum Gasteiger partial charge on any atom is -0.467 e. The molecule has 0 unspecified atom stereocenters. The second kappa shape index (κ2) is 10.1. The molecule has 0 spiro atoms. The number of amides is 2. The van der Waals surface area contributed by atoms with Crippen molar-refractivity contribution in [3.63, 3.8) is 0 Å². The van der Waals surface area contributed by atoms with Crippen LogP contribution in [0, 0.1) is 0 Å². The van der Waals surface area contributed by atoms with E-state index in [4.69, 9.17) is 32.7 Å². The second-order valence-electron chi connectivity index (χ2n) is 6.66. The van der Waals surface area contributed by atoms with Crippen LogP contribution in [0.5, 0.6) is 0 Å². The molecular weight excluding hydrogens is 407 g/mol. The number of rotatable bonds is 8. The summed E-state index contributed by atoms with van der Waals surface area (Å²) in [7, 11) is 2.69. The molecule has 1 aromatic carbocycles. The zero-order valence-corrected chi connectivity index (χ0v) is 17.5. The highest BCUT2D eigenvalue weighted by molar-refractivity contribution is 6.33. The predicted molar refractivity (Wildman–Crippen MR) is 105 cm³/mol. The van der Waals surface area contributed by atoms with Gasteiger partial charge in [-0.05, 0) is 37.1 Å². The van der Waals surface area contributed by atoms with Crippen molar-refractivity contribution in [1.82, 2.24) is 10.2 Å². The van der Waals surface area contributed by atoms with Gasteiger partial charge in [0, 0.05) is 42.6 Å². The molecule has 7 nitrogen and oxygen atoms in total. The molecule has 9 heteroatoms. The zero-order chi connectivity index (χ0) is 20.8. The van der Waals surface area contributed by atoms with Gasteiger partial charge in [-0.2, -0.15) is 0 Å². The Morgan fingerprint density at radius 3 is 2.68 bits per heavy atom. The molecule has 0 aliphatic carbocycles. The number of hydrogen-bond donors (Lipinski definition) is 1. The van der Waals surface area contributed by atoms with E-state index >= 15 is 0 Å². The molecule has 154 valence electrons. The molecule has 28 heavy (non-hydrogen) atoms. The summed E-state index contributed by atoms with van der Waals surface area (Å²) in [6.07, 6.45) is 0.412. The van der Waals surface area contributed by atoms with E-state index in [0.717, 1.165) is 5.56 Å². The summed E-state index contributed by atoms with van der Waals surface area (Å²) in [6.45, 7) is 1.93. The molecule has 1 saturated heterocycles. The second-order valence-corrected chi connectivity index (χ2v) is 7.51. The van der Waals surface area contributed by atoms with E-state index in [1.807, 2.05) is 0 Å². The minimum atomic E-state index is -0.921. The summed E-state index contributed by atoms with van der Waals surface area (Å²) in [5, 5.41) is 3.67. The fourth-order valence-electron chi connectivity index (χ4n) is 3.15. The number of benzene rings is 1. The standard InChI is InChI=1S/C19H24Cl2N2O5/c1-11(27-2)18(19(26)28-3)22-16(24)9-14-5-7-17(25)23(14)10-12-8-13(20)4-6-15(12)21/h4,6,8,11,14,18H,5,7,9-10H2,1-3H3,(H,22,24)/t11-,14+,18+/m1/s1. The van der Waals surface area contributed by atoms with Gasteiger partial charge in [-0.1, -0.05) is 23.2 Å². The van der Waals surface area contributed by atoms with Crippen LogP contribution in [0.2, 0.25) is 10.0 Å². The van der Waals surface area contributed by atoms with Crippen molar-refractivity contribution in [2.45, 2.75) is 50.9 Å². The first-order valence-electron chi connectivity index (χ1n) is 8.90. The van der Waals surface area contributed by atoms with Crippen LogP contribution >= 0.6 is 23.2 Å². The van der Waals surface area contributed by atoms with Gasteiger partial charge >= 0.3 is 5.97 Å². The monoisotopic (exact) mass is 430 g/mol. The number of carbonyl (C=O) groups excluding carboxylic acids is 3. The van der Waals surface area contributed by atoms with E-state index < -0.39 is 18.1 Å². The Hall–Kier alpha value is -1.83. The number of nitrogens with zero attached hydrogens (tertiary/aromatic N) is 1. The number of halogens is 2. The van der Waals surface area contributed by atoms with E-state index in [-0.39, 0.29) is 30.8 Å². The van der Waals surface area contributed by atoms with Gasteiger partial charge < -0.3 is 19.7 Å². The molecule has 1 fully saturated rings. The number of likely N-dealkylation sites (tertiary alicyclic amines) is 1. The Morgan fingerprint density at radius 1 is 1.32 bits per heavy atom. The predicted octanol–water partition coefficient (Wildman–Crippen LogP) is 2.57. The maximum atomic E-state index is 12.5. The molecule has 3 atom stereocenters.